The molecule has 0 aromatic rings. The van der Waals surface area contributed by atoms with Gasteiger partial charge in [-0.15, -0.1) is 0 Å². The second-order valence-corrected chi connectivity index (χ2v) is 2.98. The molecule has 0 aromatic carbocycles. The van der Waals surface area contributed by atoms with Crippen LogP contribution in [-0.4, -0.2) is 11.6 Å². The molecule has 1 rings (SSSR count). The number of ketones is 2. The van der Waals surface area contributed by atoms with E-state index in [0.29, 0.717) is 6.42 Å². The molecule has 0 bridgehead atoms. The Balaban J connectivity index is 2.74. The molecule has 0 heterocycles. The molecule has 0 aliphatic heterocycles. The predicted octanol–water partition coefficient (Wildman–Crippen LogP) is 1.19. The second kappa shape index (κ2) is 2.52. The largest absolute Gasteiger partial charge is 0.291 e. The van der Waals surface area contributed by atoms with Crippen molar-refractivity contribution in [2.24, 2.45) is 11.8 Å². The van der Waals surface area contributed by atoms with Crippen LogP contribution in [0.25, 0.3) is 0 Å². The van der Waals surface area contributed by atoms with E-state index in [4.69, 9.17) is 0 Å². The predicted molar refractivity (Wildman–Crippen MR) is 37.6 cm³/mol. The van der Waals surface area contributed by atoms with Crippen molar-refractivity contribution < 1.29 is 9.59 Å². The van der Waals surface area contributed by atoms with E-state index in [9.17, 15) is 9.59 Å². The van der Waals surface area contributed by atoms with Gasteiger partial charge in [-0.05, 0) is 12.3 Å². The van der Waals surface area contributed by atoms with Crippen LogP contribution in [0.3, 0.4) is 0 Å². The van der Waals surface area contributed by atoms with Crippen LogP contribution in [-0.2, 0) is 9.59 Å². The quantitative estimate of drug-likeness (QED) is 0.513. The van der Waals surface area contributed by atoms with Crippen molar-refractivity contribution in [1.82, 2.24) is 0 Å². The molecule has 1 aliphatic carbocycles. The zero-order valence-corrected chi connectivity index (χ0v) is 6.39. The first-order valence-corrected chi connectivity index (χ1v) is 3.73. The number of rotatable bonds is 1. The van der Waals surface area contributed by atoms with E-state index in [2.05, 4.69) is 0 Å². The summed E-state index contributed by atoms with van der Waals surface area (Å²) in [6.45, 7) is 3.93. The topological polar surface area (TPSA) is 34.1 Å². The average molecular weight is 140 g/mol. The molecule has 1 saturated carbocycles. The van der Waals surface area contributed by atoms with E-state index >= 15 is 0 Å². The summed E-state index contributed by atoms with van der Waals surface area (Å²) in [6.07, 6.45) is 1.28. The molecule has 0 amide bonds. The smallest absolute Gasteiger partial charge is 0.201 e. The van der Waals surface area contributed by atoms with E-state index in [-0.39, 0.29) is 23.4 Å². The third kappa shape index (κ3) is 0.981. The Labute approximate surface area is 60.6 Å². The summed E-state index contributed by atoms with van der Waals surface area (Å²) in [6, 6.07) is 0. The molecule has 1 fully saturated rings. The van der Waals surface area contributed by atoms with Crippen LogP contribution in [0.1, 0.15) is 26.7 Å². The first kappa shape index (κ1) is 7.45. The third-order valence-corrected chi connectivity index (χ3v) is 2.25. The van der Waals surface area contributed by atoms with Crippen molar-refractivity contribution >= 4 is 11.6 Å². The summed E-state index contributed by atoms with van der Waals surface area (Å²) >= 11 is 0. The molecule has 2 nitrogen and oxygen atoms in total. The van der Waals surface area contributed by atoms with Crippen molar-refractivity contribution in [3.8, 4) is 0 Å². The average Bonchev–Trinajstić information content (AvgIpc) is 2.09. The number of hydrogen-bond acceptors (Lipinski definition) is 2. The standard InChI is InChI=1S/C8H12O2/c1-3-6-5(2)4-7(9)8(6)10/h5-6H,3-4H2,1-2H3/t5-,6-/m0/s1. The van der Waals surface area contributed by atoms with E-state index in [1.807, 2.05) is 13.8 Å². The highest BCUT2D eigenvalue weighted by atomic mass is 16.2. The number of carbonyl (C=O) groups is 2. The molecule has 10 heavy (non-hydrogen) atoms. The molecule has 56 valence electrons. The Morgan fingerprint density at radius 3 is 2.30 bits per heavy atom. The zero-order valence-electron chi connectivity index (χ0n) is 6.39. The van der Waals surface area contributed by atoms with Crippen molar-refractivity contribution in [2.75, 3.05) is 0 Å². The molecule has 0 saturated heterocycles. The highest BCUT2D eigenvalue weighted by molar-refractivity contribution is 6.40. The Kier molecular flexibility index (Phi) is 1.88. The minimum absolute atomic E-state index is 0.0208. The Hall–Kier alpha value is -0.660. The van der Waals surface area contributed by atoms with Crippen LogP contribution >= 0.6 is 0 Å². The second-order valence-electron chi connectivity index (χ2n) is 2.98. The SMILES string of the molecule is CC[C@@H]1C(=O)C(=O)C[C@@H]1C. The van der Waals surface area contributed by atoms with Crippen molar-refractivity contribution in [3.63, 3.8) is 0 Å². The fourth-order valence-electron chi connectivity index (χ4n) is 1.59. The van der Waals surface area contributed by atoms with Gasteiger partial charge >= 0.3 is 0 Å². The van der Waals surface area contributed by atoms with Gasteiger partial charge in [0.2, 0.25) is 5.78 Å². The lowest BCUT2D eigenvalue weighted by Gasteiger charge is -2.07. The lowest BCUT2D eigenvalue weighted by atomic mass is 9.95. The fourth-order valence-corrected chi connectivity index (χ4v) is 1.59. The van der Waals surface area contributed by atoms with Crippen LogP contribution in [0, 0.1) is 11.8 Å². The molecule has 0 spiro atoms. The third-order valence-electron chi connectivity index (χ3n) is 2.25. The minimum Gasteiger partial charge on any atom is -0.291 e. The van der Waals surface area contributed by atoms with Gasteiger partial charge in [0.25, 0.3) is 0 Å². The summed E-state index contributed by atoms with van der Waals surface area (Å²) in [5.41, 5.74) is 0. The van der Waals surface area contributed by atoms with Gasteiger partial charge in [0.15, 0.2) is 5.78 Å². The summed E-state index contributed by atoms with van der Waals surface area (Å²) < 4.78 is 0. The van der Waals surface area contributed by atoms with E-state index < -0.39 is 0 Å². The Morgan fingerprint density at radius 2 is 2.10 bits per heavy atom. The van der Waals surface area contributed by atoms with Crippen molar-refractivity contribution in [2.45, 2.75) is 26.7 Å². The van der Waals surface area contributed by atoms with Crippen molar-refractivity contribution in [3.05, 3.63) is 0 Å². The highest BCUT2D eigenvalue weighted by Gasteiger charge is 2.36. The molecule has 0 N–H and O–H groups in total. The van der Waals surface area contributed by atoms with Gasteiger partial charge in [-0.1, -0.05) is 13.8 Å². The fraction of sp³-hybridized carbons (Fsp3) is 0.750. The monoisotopic (exact) mass is 140 g/mol. The maximum atomic E-state index is 11.0. The van der Waals surface area contributed by atoms with Gasteiger partial charge in [0.1, 0.15) is 0 Å². The van der Waals surface area contributed by atoms with Crippen molar-refractivity contribution in [1.29, 1.82) is 0 Å². The zero-order chi connectivity index (χ0) is 7.72. The molecule has 2 heteroatoms. The minimum atomic E-state index is -0.167. The van der Waals surface area contributed by atoms with Gasteiger partial charge < -0.3 is 0 Å². The first-order valence-electron chi connectivity index (χ1n) is 3.73. The molecule has 0 radical (unpaired) electrons. The van der Waals surface area contributed by atoms with Gasteiger partial charge in [0.05, 0.1) is 0 Å². The van der Waals surface area contributed by atoms with Crippen LogP contribution in [0.15, 0.2) is 0 Å². The summed E-state index contributed by atoms with van der Waals surface area (Å²) in [7, 11) is 0. The van der Waals surface area contributed by atoms with E-state index in [1.165, 1.54) is 0 Å². The van der Waals surface area contributed by atoms with Crippen LogP contribution in [0.2, 0.25) is 0 Å². The Bertz CT molecular complexity index is 172. The highest BCUT2D eigenvalue weighted by Crippen LogP contribution is 2.27. The summed E-state index contributed by atoms with van der Waals surface area (Å²) in [5.74, 6) is -0.00755. The lowest BCUT2D eigenvalue weighted by molar-refractivity contribution is -0.135. The lowest BCUT2D eigenvalue weighted by Crippen LogP contribution is -2.14. The van der Waals surface area contributed by atoms with Gasteiger partial charge in [-0.2, -0.15) is 0 Å². The van der Waals surface area contributed by atoms with Crippen LogP contribution < -0.4 is 0 Å². The number of hydrogen-bond donors (Lipinski definition) is 0. The van der Waals surface area contributed by atoms with Crippen LogP contribution in [0.5, 0.6) is 0 Å². The maximum Gasteiger partial charge on any atom is 0.201 e. The van der Waals surface area contributed by atoms with Crippen LogP contribution in [0.4, 0.5) is 0 Å². The molecule has 0 unspecified atom stereocenters. The summed E-state index contributed by atoms with van der Waals surface area (Å²) in [4.78, 5) is 21.8. The maximum absolute atomic E-state index is 11.0. The molecular formula is C8H12O2. The summed E-state index contributed by atoms with van der Waals surface area (Å²) in [5, 5.41) is 0. The number of Topliss-reactive ketones (excluding diaryl/α,β-unsaturated/α-hetero) is 2. The normalized spacial score (nSPS) is 33.4. The van der Waals surface area contributed by atoms with Gasteiger partial charge in [-0.25, -0.2) is 0 Å². The Morgan fingerprint density at radius 1 is 1.50 bits per heavy atom. The van der Waals surface area contributed by atoms with E-state index in [1.54, 1.807) is 0 Å². The molecule has 2 atom stereocenters. The number of carbonyl (C=O) groups excluding carboxylic acids is 2. The molecular weight excluding hydrogens is 128 g/mol. The molecule has 0 aromatic heterocycles. The molecule has 1 aliphatic rings. The first-order chi connectivity index (χ1) is 4.66. The van der Waals surface area contributed by atoms with Gasteiger partial charge in [0, 0.05) is 12.3 Å². The van der Waals surface area contributed by atoms with Gasteiger partial charge in [-0.3, -0.25) is 9.59 Å². The van der Waals surface area contributed by atoms with E-state index in [0.717, 1.165) is 6.42 Å².